The van der Waals surface area contributed by atoms with Crippen LogP contribution in [-0.2, 0) is 17.5 Å². The Kier molecular flexibility index (Phi) is 7.63. The topological polar surface area (TPSA) is 40.1 Å². The van der Waals surface area contributed by atoms with Crippen molar-refractivity contribution in [1.82, 2.24) is 15.1 Å². The van der Waals surface area contributed by atoms with E-state index in [1.807, 2.05) is 18.9 Å². The van der Waals surface area contributed by atoms with E-state index in [0.717, 1.165) is 69.3 Å². The Morgan fingerprint density at radius 1 is 1.17 bits per heavy atom. The highest BCUT2D eigenvalue weighted by molar-refractivity contribution is 5.79. The third kappa shape index (κ3) is 5.66. The van der Waals surface area contributed by atoms with Gasteiger partial charge in [-0.25, -0.2) is 0 Å². The summed E-state index contributed by atoms with van der Waals surface area (Å²) >= 11 is 0. The van der Waals surface area contributed by atoms with Gasteiger partial charge in [-0.2, -0.15) is 13.2 Å². The fourth-order valence-electron chi connectivity index (χ4n) is 4.36. The second kappa shape index (κ2) is 10.0. The number of hydrogen-bond acceptors (Lipinski definition) is 3. The van der Waals surface area contributed by atoms with Crippen LogP contribution < -0.4 is 5.32 Å². The number of halogens is 3. The van der Waals surface area contributed by atoms with E-state index in [2.05, 4.69) is 10.2 Å². The van der Waals surface area contributed by atoms with Crippen molar-refractivity contribution in [3.05, 3.63) is 35.4 Å². The normalized spacial score (nSPS) is 20.4. The fraction of sp³-hybridized carbons (Fsp3) is 0.682. The summed E-state index contributed by atoms with van der Waals surface area (Å²) in [7, 11) is 1.92. The van der Waals surface area contributed by atoms with Crippen LogP contribution in [0.4, 0.5) is 13.2 Å². The van der Waals surface area contributed by atoms with Crippen LogP contribution in [0.15, 0.2) is 29.3 Å². The SMILES string of the molecule is CCNC(=NCC1(N2CCCC2)CCOCC1)N(C)Cc1ccc(C(F)(F)F)cc1. The highest BCUT2D eigenvalue weighted by Crippen LogP contribution is 2.32. The molecule has 0 spiro atoms. The molecule has 3 rings (SSSR count). The number of ether oxygens (including phenoxy) is 1. The molecule has 0 radical (unpaired) electrons. The lowest BCUT2D eigenvalue weighted by molar-refractivity contribution is -0.137. The van der Waals surface area contributed by atoms with E-state index in [1.165, 1.54) is 25.0 Å². The largest absolute Gasteiger partial charge is 0.416 e. The van der Waals surface area contributed by atoms with Crippen molar-refractivity contribution < 1.29 is 17.9 Å². The molecule has 2 fully saturated rings. The summed E-state index contributed by atoms with van der Waals surface area (Å²) in [5.74, 6) is 0.780. The minimum atomic E-state index is -4.31. The summed E-state index contributed by atoms with van der Waals surface area (Å²) in [5, 5.41) is 3.33. The van der Waals surface area contributed by atoms with Crippen molar-refractivity contribution in [2.75, 3.05) is 46.4 Å². The molecule has 2 aliphatic heterocycles. The Morgan fingerprint density at radius 3 is 2.37 bits per heavy atom. The number of hydrogen-bond donors (Lipinski definition) is 1. The highest BCUT2D eigenvalue weighted by atomic mass is 19.4. The van der Waals surface area contributed by atoms with Gasteiger partial charge in [0.05, 0.1) is 12.1 Å². The van der Waals surface area contributed by atoms with E-state index in [4.69, 9.17) is 9.73 Å². The first-order chi connectivity index (χ1) is 14.3. The lowest BCUT2D eigenvalue weighted by Gasteiger charge is -2.43. The molecule has 0 unspecified atom stereocenters. The Hall–Kier alpha value is -1.80. The van der Waals surface area contributed by atoms with E-state index >= 15 is 0 Å². The maximum atomic E-state index is 12.8. The number of benzene rings is 1. The molecule has 0 aromatic heterocycles. The maximum absolute atomic E-state index is 12.8. The monoisotopic (exact) mass is 426 g/mol. The van der Waals surface area contributed by atoms with Gasteiger partial charge in [0.2, 0.25) is 0 Å². The molecular formula is C22H33F3N4O. The summed E-state index contributed by atoms with van der Waals surface area (Å²) in [6.45, 7) is 7.72. The van der Waals surface area contributed by atoms with Gasteiger partial charge in [-0.3, -0.25) is 9.89 Å². The highest BCUT2D eigenvalue weighted by Gasteiger charge is 2.39. The van der Waals surface area contributed by atoms with Gasteiger partial charge in [-0.15, -0.1) is 0 Å². The molecule has 0 bridgehead atoms. The van der Waals surface area contributed by atoms with Gasteiger partial charge in [0.25, 0.3) is 0 Å². The number of alkyl halides is 3. The van der Waals surface area contributed by atoms with Crippen molar-refractivity contribution in [2.24, 2.45) is 4.99 Å². The second-order valence-electron chi connectivity index (χ2n) is 8.25. The summed E-state index contributed by atoms with van der Waals surface area (Å²) in [6.07, 6.45) is 0.131. The average Bonchev–Trinajstić information content (AvgIpc) is 3.27. The molecule has 0 atom stereocenters. The second-order valence-corrected chi connectivity index (χ2v) is 8.25. The van der Waals surface area contributed by atoms with Crippen LogP contribution in [0.2, 0.25) is 0 Å². The number of guanidine groups is 1. The molecule has 0 saturated carbocycles. The molecular weight excluding hydrogens is 393 g/mol. The van der Waals surface area contributed by atoms with Crippen LogP contribution in [0.5, 0.6) is 0 Å². The number of likely N-dealkylation sites (tertiary alicyclic amines) is 1. The molecule has 168 valence electrons. The van der Waals surface area contributed by atoms with E-state index in [0.29, 0.717) is 13.1 Å². The zero-order chi connectivity index (χ0) is 21.6. The van der Waals surface area contributed by atoms with E-state index in [1.54, 1.807) is 0 Å². The number of nitrogens with zero attached hydrogens (tertiary/aromatic N) is 3. The Morgan fingerprint density at radius 2 is 1.80 bits per heavy atom. The summed E-state index contributed by atoms with van der Waals surface area (Å²) < 4.78 is 44.0. The van der Waals surface area contributed by atoms with Gasteiger partial charge in [0, 0.05) is 38.9 Å². The Balaban J connectivity index is 1.70. The third-order valence-electron chi connectivity index (χ3n) is 6.12. The van der Waals surface area contributed by atoms with Gasteiger partial charge >= 0.3 is 6.18 Å². The summed E-state index contributed by atoms with van der Waals surface area (Å²) in [4.78, 5) is 9.52. The van der Waals surface area contributed by atoms with Crippen molar-refractivity contribution >= 4 is 5.96 Å². The Bertz CT molecular complexity index is 693. The minimum Gasteiger partial charge on any atom is -0.381 e. The van der Waals surface area contributed by atoms with Gasteiger partial charge in [-0.1, -0.05) is 12.1 Å². The molecule has 8 heteroatoms. The molecule has 2 heterocycles. The summed E-state index contributed by atoms with van der Waals surface area (Å²) in [5.41, 5.74) is 0.239. The maximum Gasteiger partial charge on any atom is 0.416 e. The predicted octanol–water partition coefficient (Wildman–Crippen LogP) is 3.75. The lowest BCUT2D eigenvalue weighted by atomic mass is 9.88. The number of nitrogens with one attached hydrogen (secondary N) is 1. The predicted molar refractivity (Wildman–Crippen MR) is 112 cm³/mol. The van der Waals surface area contributed by atoms with Gasteiger partial charge < -0.3 is 15.0 Å². The van der Waals surface area contributed by atoms with Crippen LogP contribution in [0.3, 0.4) is 0 Å². The van der Waals surface area contributed by atoms with E-state index < -0.39 is 11.7 Å². The average molecular weight is 427 g/mol. The standard InChI is InChI=1S/C22H33F3N4O/c1-3-26-20(28(2)16-18-6-8-19(9-7-18)22(23,24)25)27-17-21(10-14-30-15-11-21)29-12-4-5-13-29/h6-9H,3-5,10-17H2,1-2H3,(H,26,27). The van der Waals surface area contributed by atoms with E-state index in [9.17, 15) is 13.2 Å². The molecule has 1 N–H and O–H groups in total. The third-order valence-corrected chi connectivity index (χ3v) is 6.12. The first-order valence-electron chi connectivity index (χ1n) is 10.8. The zero-order valence-electron chi connectivity index (χ0n) is 18.0. The zero-order valence-corrected chi connectivity index (χ0v) is 18.0. The Labute approximate surface area is 177 Å². The molecule has 1 aromatic rings. The van der Waals surface area contributed by atoms with E-state index in [-0.39, 0.29) is 5.54 Å². The van der Waals surface area contributed by atoms with Crippen molar-refractivity contribution in [3.63, 3.8) is 0 Å². The lowest BCUT2D eigenvalue weighted by Crippen LogP contribution is -2.54. The van der Waals surface area contributed by atoms with Crippen LogP contribution >= 0.6 is 0 Å². The fourth-order valence-corrected chi connectivity index (χ4v) is 4.36. The van der Waals surface area contributed by atoms with Crippen LogP contribution in [0, 0.1) is 0 Å². The minimum absolute atomic E-state index is 0.0462. The van der Waals surface area contributed by atoms with Crippen molar-refractivity contribution in [1.29, 1.82) is 0 Å². The first-order valence-corrected chi connectivity index (χ1v) is 10.8. The molecule has 0 amide bonds. The van der Waals surface area contributed by atoms with Gasteiger partial charge in [0.1, 0.15) is 0 Å². The van der Waals surface area contributed by atoms with Crippen LogP contribution in [-0.4, -0.2) is 67.7 Å². The molecule has 0 aliphatic carbocycles. The smallest absolute Gasteiger partial charge is 0.381 e. The van der Waals surface area contributed by atoms with Crippen LogP contribution in [0.1, 0.15) is 43.7 Å². The molecule has 2 saturated heterocycles. The molecule has 1 aromatic carbocycles. The first kappa shape index (κ1) is 22.9. The van der Waals surface area contributed by atoms with Crippen molar-refractivity contribution in [3.8, 4) is 0 Å². The number of rotatable bonds is 6. The van der Waals surface area contributed by atoms with Crippen LogP contribution in [0.25, 0.3) is 0 Å². The van der Waals surface area contributed by atoms with Crippen molar-refractivity contribution in [2.45, 2.75) is 50.9 Å². The van der Waals surface area contributed by atoms with Gasteiger partial charge in [-0.05, 0) is 63.4 Å². The molecule has 5 nitrogen and oxygen atoms in total. The molecule has 30 heavy (non-hydrogen) atoms. The van der Waals surface area contributed by atoms with Gasteiger partial charge in [0.15, 0.2) is 5.96 Å². The number of aliphatic imine (C=N–C) groups is 1. The quantitative estimate of drug-likeness (QED) is 0.556. The summed E-state index contributed by atoms with van der Waals surface area (Å²) in [6, 6.07) is 5.34. The molecule has 2 aliphatic rings.